The molecule has 4 aromatic rings. The number of nitriles is 1. The van der Waals surface area contributed by atoms with Gasteiger partial charge in [-0.15, -0.1) is 0 Å². The minimum absolute atomic E-state index is 0.00834. The van der Waals surface area contributed by atoms with E-state index in [1.807, 2.05) is 0 Å². The minimum atomic E-state index is -0.642. The van der Waals surface area contributed by atoms with Crippen molar-refractivity contribution in [1.29, 1.82) is 5.26 Å². The maximum Gasteiger partial charge on any atom is 0.237 e. The van der Waals surface area contributed by atoms with Crippen LogP contribution >= 0.6 is 11.5 Å². The van der Waals surface area contributed by atoms with Gasteiger partial charge in [-0.05, 0) is 30.6 Å². The maximum atomic E-state index is 12.7. The molecule has 0 amide bonds. The summed E-state index contributed by atoms with van der Waals surface area (Å²) in [5, 5.41) is 22.2. The first-order valence-corrected chi connectivity index (χ1v) is 9.34. The lowest BCUT2D eigenvalue weighted by Gasteiger charge is -2.00. The fourth-order valence-electron chi connectivity index (χ4n) is 2.69. The van der Waals surface area contributed by atoms with Crippen molar-refractivity contribution >= 4 is 33.3 Å². The monoisotopic (exact) mass is 419 g/mol. The molecule has 0 fully saturated rings. The van der Waals surface area contributed by atoms with Crippen LogP contribution in [0.15, 0.2) is 50.4 Å². The Morgan fingerprint density at radius 1 is 1.20 bits per heavy atom. The van der Waals surface area contributed by atoms with Gasteiger partial charge < -0.3 is 0 Å². The van der Waals surface area contributed by atoms with Crippen LogP contribution in [0.3, 0.4) is 0 Å². The predicted molar refractivity (Wildman–Crippen MR) is 110 cm³/mol. The van der Waals surface area contributed by atoms with E-state index in [-0.39, 0.29) is 10.7 Å². The molecule has 12 heteroatoms. The van der Waals surface area contributed by atoms with Crippen LogP contribution in [0, 0.1) is 18.3 Å². The van der Waals surface area contributed by atoms with E-state index in [0.717, 1.165) is 11.5 Å². The molecule has 3 heterocycles. The average molecular weight is 419 g/mol. The minimum Gasteiger partial charge on any atom is -0.287 e. The van der Waals surface area contributed by atoms with Crippen LogP contribution in [0.2, 0.25) is 0 Å². The molecule has 0 saturated heterocycles. The van der Waals surface area contributed by atoms with Crippen LogP contribution in [0.1, 0.15) is 11.3 Å². The van der Waals surface area contributed by atoms with Crippen LogP contribution in [0.5, 0.6) is 0 Å². The molecule has 0 unspecified atom stereocenters. The highest BCUT2D eigenvalue weighted by atomic mass is 32.1. The molecule has 0 spiro atoms. The Morgan fingerprint density at radius 3 is 2.77 bits per heavy atom. The first-order valence-electron chi connectivity index (χ1n) is 8.57. The zero-order valence-electron chi connectivity index (χ0n) is 15.7. The van der Waals surface area contributed by atoms with E-state index in [0.29, 0.717) is 33.0 Å². The fraction of sp³-hybridized carbons (Fsp3) is 0.111. The van der Waals surface area contributed by atoms with Crippen LogP contribution < -0.4 is 32.4 Å². The van der Waals surface area contributed by atoms with Gasteiger partial charge in [0.25, 0.3) is 0 Å². The van der Waals surface area contributed by atoms with Gasteiger partial charge in [0.2, 0.25) is 10.9 Å². The molecule has 0 aliphatic rings. The van der Waals surface area contributed by atoms with E-state index in [1.165, 1.54) is 16.8 Å². The van der Waals surface area contributed by atoms with Crippen molar-refractivity contribution in [2.75, 3.05) is 10.9 Å². The number of benzene rings is 1. The Morgan fingerprint density at radius 2 is 2.03 bits per heavy atom. The third-order valence-electron chi connectivity index (χ3n) is 4.28. The van der Waals surface area contributed by atoms with Crippen LogP contribution in [0.4, 0.5) is 10.8 Å². The number of fused-ring (bicyclic) bond motifs is 1. The van der Waals surface area contributed by atoms with Crippen LogP contribution in [-0.2, 0) is 7.05 Å². The number of rotatable bonds is 4. The molecule has 0 radical (unpaired) electrons. The third-order valence-corrected chi connectivity index (χ3v) is 5.04. The maximum absolute atomic E-state index is 12.7. The first kappa shape index (κ1) is 19.1. The van der Waals surface area contributed by atoms with Crippen molar-refractivity contribution < 1.29 is 0 Å². The van der Waals surface area contributed by atoms with Gasteiger partial charge in [-0.3, -0.25) is 30.1 Å². The molecule has 0 aliphatic carbocycles. The summed E-state index contributed by atoms with van der Waals surface area (Å²) in [6.45, 7) is 1.72. The summed E-state index contributed by atoms with van der Waals surface area (Å²) in [6.07, 6.45) is 3.12. The Bertz CT molecular complexity index is 1530. The number of nitrogens with one attached hydrogen (secondary N) is 2. The normalized spacial score (nSPS) is 12.3. The lowest BCUT2D eigenvalue weighted by molar-refractivity contribution is 0.770. The van der Waals surface area contributed by atoms with Gasteiger partial charge in [-0.1, -0.05) is 0 Å². The molecule has 11 nitrogen and oxygen atoms in total. The summed E-state index contributed by atoms with van der Waals surface area (Å²) < 4.78 is 5.75. The average Bonchev–Trinajstić information content (AvgIpc) is 3.33. The fourth-order valence-corrected chi connectivity index (χ4v) is 3.41. The van der Waals surface area contributed by atoms with E-state index < -0.39 is 10.9 Å². The SMILES string of the molecule is Cc1ncc2nsc(NN=c3ccc(=O)c(=NNc4ccnn4C)c3=O)c2c1C#N. The van der Waals surface area contributed by atoms with Gasteiger partial charge in [0.1, 0.15) is 27.8 Å². The van der Waals surface area contributed by atoms with Crippen molar-refractivity contribution in [3.8, 4) is 6.07 Å². The standard InChI is InChI=1S/C18H13N9O2S/c1-9-10(7-19)15-12(8-20-9)26-30-18(15)25-22-11-3-4-13(28)16(17(11)29)24-23-14-5-6-21-27(14)2/h3-6,8,23,25H,1-2H3. The lowest BCUT2D eigenvalue weighted by Crippen LogP contribution is -2.48. The molecule has 4 rings (SSSR count). The largest absolute Gasteiger partial charge is 0.287 e. The van der Waals surface area contributed by atoms with Crippen LogP contribution in [0.25, 0.3) is 10.9 Å². The topological polar surface area (TPSA) is 150 Å². The molecule has 30 heavy (non-hydrogen) atoms. The molecule has 1 aromatic carbocycles. The summed E-state index contributed by atoms with van der Waals surface area (Å²) in [7, 11) is 1.69. The molecule has 0 bridgehead atoms. The molecule has 0 saturated carbocycles. The second-order valence-electron chi connectivity index (χ2n) is 6.15. The van der Waals surface area contributed by atoms with E-state index in [9.17, 15) is 14.9 Å². The first-order chi connectivity index (χ1) is 14.5. The highest BCUT2D eigenvalue weighted by Crippen LogP contribution is 2.31. The number of anilines is 2. The second-order valence-corrected chi connectivity index (χ2v) is 6.92. The van der Waals surface area contributed by atoms with Crippen molar-refractivity contribution in [2.45, 2.75) is 6.92 Å². The summed E-state index contributed by atoms with van der Waals surface area (Å²) in [5.41, 5.74) is 5.74. The summed E-state index contributed by atoms with van der Waals surface area (Å²) >= 11 is 1.09. The Balaban J connectivity index is 1.76. The molecule has 0 aliphatic heterocycles. The molecule has 3 aromatic heterocycles. The quantitative estimate of drug-likeness (QED) is 0.441. The van der Waals surface area contributed by atoms with Crippen molar-refractivity contribution in [2.24, 2.45) is 17.3 Å². The molecule has 2 N–H and O–H groups in total. The molecular weight excluding hydrogens is 406 g/mol. The van der Waals surface area contributed by atoms with Gasteiger partial charge in [-0.2, -0.15) is 24.9 Å². The Hall–Kier alpha value is -4.24. The number of pyridine rings is 1. The summed E-state index contributed by atoms with van der Waals surface area (Å²) in [6, 6.07) is 6.28. The predicted octanol–water partition coefficient (Wildman–Crippen LogP) is 0.0565. The lowest BCUT2D eigenvalue weighted by atomic mass is 10.1. The zero-order valence-corrected chi connectivity index (χ0v) is 16.6. The van der Waals surface area contributed by atoms with Crippen molar-refractivity contribution in [3.63, 3.8) is 0 Å². The van der Waals surface area contributed by atoms with Gasteiger partial charge in [0.05, 0.1) is 29.0 Å². The highest BCUT2D eigenvalue weighted by Gasteiger charge is 2.13. The van der Waals surface area contributed by atoms with E-state index in [2.05, 4.69) is 41.6 Å². The highest BCUT2D eigenvalue weighted by molar-refractivity contribution is 7.11. The van der Waals surface area contributed by atoms with E-state index >= 15 is 0 Å². The molecular formula is C18H13N9O2S. The van der Waals surface area contributed by atoms with E-state index in [4.69, 9.17) is 0 Å². The van der Waals surface area contributed by atoms with Gasteiger partial charge in [0.15, 0.2) is 5.36 Å². The number of nitrogens with zero attached hydrogens (tertiary/aromatic N) is 7. The second kappa shape index (κ2) is 7.64. The number of aromatic nitrogens is 4. The molecule has 148 valence electrons. The van der Waals surface area contributed by atoms with Crippen molar-refractivity contribution in [1.82, 2.24) is 19.1 Å². The summed E-state index contributed by atoms with van der Waals surface area (Å²) in [4.78, 5) is 28.9. The van der Waals surface area contributed by atoms with E-state index in [1.54, 1.807) is 32.4 Å². The molecule has 0 atom stereocenters. The zero-order chi connectivity index (χ0) is 21.3. The third kappa shape index (κ3) is 3.33. The number of aryl methyl sites for hydroxylation is 2. The van der Waals surface area contributed by atoms with Gasteiger partial charge in [-0.25, -0.2) is 0 Å². The Kier molecular flexibility index (Phi) is 4.87. The number of hydrogen-bond acceptors (Lipinski definition) is 11. The Labute approximate surface area is 172 Å². The number of hydrogen-bond donors (Lipinski definition) is 2. The smallest absolute Gasteiger partial charge is 0.237 e. The van der Waals surface area contributed by atoms with Gasteiger partial charge >= 0.3 is 0 Å². The van der Waals surface area contributed by atoms with Crippen molar-refractivity contribution in [3.05, 3.63) is 73.0 Å². The van der Waals surface area contributed by atoms with Crippen LogP contribution in [-0.4, -0.2) is 19.1 Å². The summed E-state index contributed by atoms with van der Waals surface area (Å²) in [5.74, 6) is 0.512. The van der Waals surface area contributed by atoms with Gasteiger partial charge in [0, 0.05) is 13.1 Å².